The predicted molar refractivity (Wildman–Crippen MR) is 105 cm³/mol. The quantitative estimate of drug-likeness (QED) is 0.453. The highest BCUT2D eigenvalue weighted by Gasteiger charge is 2.64. The van der Waals surface area contributed by atoms with E-state index in [1.165, 1.54) is 0 Å². The van der Waals surface area contributed by atoms with Crippen molar-refractivity contribution in [2.45, 2.75) is 44.1 Å². The molecule has 0 saturated carbocycles. The molecule has 0 radical (unpaired) electrons. The monoisotopic (exact) mass is 371 g/mol. The van der Waals surface area contributed by atoms with Crippen LogP contribution in [0.25, 0.3) is 0 Å². The fraction of sp³-hybridized carbons (Fsp3) is 0.381. The van der Waals surface area contributed by atoms with Gasteiger partial charge < -0.3 is 9.47 Å². The molecule has 3 rings (SSSR count). The third-order valence-corrected chi connectivity index (χ3v) is 5.74. The number of hydrogen-bond donors (Lipinski definition) is 0. The lowest BCUT2D eigenvalue weighted by atomic mass is 9.91. The van der Waals surface area contributed by atoms with Crippen molar-refractivity contribution in [2.75, 3.05) is 7.11 Å². The van der Waals surface area contributed by atoms with Crippen LogP contribution in [0.1, 0.15) is 43.6 Å². The minimum Gasteiger partial charge on any atom is -0.481 e. The summed E-state index contributed by atoms with van der Waals surface area (Å²) in [5, 5.41) is 0. The smallest absolute Gasteiger partial charge is 0.238 e. The molecule has 0 bridgehead atoms. The van der Waals surface area contributed by atoms with Crippen LogP contribution in [0.5, 0.6) is 0 Å². The van der Waals surface area contributed by atoms with Gasteiger partial charge >= 0.3 is 0 Å². The Balaban J connectivity index is 2.09. The second kappa shape index (κ2) is 6.97. The molecule has 26 heavy (non-hydrogen) atoms. The Bertz CT molecular complexity index is 842. The van der Waals surface area contributed by atoms with E-state index in [1.807, 2.05) is 63.2 Å². The average Bonchev–Trinajstić information content (AvgIpc) is 3.36. The van der Waals surface area contributed by atoms with Crippen LogP contribution in [-0.4, -0.2) is 22.0 Å². The molecular weight excluding hydrogens is 346 g/mol. The number of nitrogens with zero attached hydrogens (tertiary/aromatic N) is 1. The van der Waals surface area contributed by atoms with E-state index >= 15 is 0 Å². The molecule has 0 aromatic heterocycles. The lowest BCUT2D eigenvalue weighted by Crippen LogP contribution is -2.28. The molecule has 2 aromatic carbocycles. The van der Waals surface area contributed by atoms with Crippen molar-refractivity contribution in [1.29, 1.82) is 0 Å². The van der Waals surface area contributed by atoms with Crippen LogP contribution in [0.3, 0.4) is 0 Å². The topological polar surface area (TPSA) is 51.2 Å². The van der Waals surface area contributed by atoms with Gasteiger partial charge in [-0.3, -0.25) is 0 Å². The zero-order valence-electron chi connectivity index (χ0n) is 15.9. The highest BCUT2D eigenvalue weighted by molar-refractivity contribution is 7.85. The van der Waals surface area contributed by atoms with Gasteiger partial charge in [-0.1, -0.05) is 60.2 Å². The average molecular weight is 372 g/mol. The van der Waals surface area contributed by atoms with E-state index in [9.17, 15) is 4.21 Å². The molecular formula is C21H25NO3S. The molecule has 1 aliphatic rings. The zero-order chi connectivity index (χ0) is 18.9. The molecule has 1 saturated heterocycles. The third kappa shape index (κ3) is 3.46. The van der Waals surface area contributed by atoms with Crippen LogP contribution in [-0.2, 0) is 26.1 Å². The van der Waals surface area contributed by atoms with Gasteiger partial charge in [0.2, 0.25) is 5.90 Å². The molecule has 0 spiro atoms. The molecule has 1 heterocycles. The first-order valence-electron chi connectivity index (χ1n) is 8.64. The molecule has 0 aliphatic carbocycles. The normalized spacial score (nSPS) is 24.2. The van der Waals surface area contributed by atoms with E-state index in [-0.39, 0.29) is 6.10 Å². The fourth-order valence-corrected chi connectivity index (χ4v) is 3.58. The molecule has 3 atom stereocenters. The third-order valence-electron chi connectivity index (χ3n) is 4.36. The maximum Gasteiger partial charge on any atom is 0.238 e. The van der Waals surface area contributed by atoms with E-state index in [1.54, 1.807) is 7.11 Å². The zero-order valence-corrected chi connectivity index (χ0v) is 16.7. The summed E-state index contributed by atoms with van der Waals surface area (Å²) in [4.78, 5) is 0. The summed E-state index contributed by atoms with van der Waals surface area (Å²) in [7, 11) is 0.114. The van der Waals surface area contributed by atoms with Crippen molar-refractivity contribution in [3.8, 4) is 0 Å². The van der Waals surface area contributed by atoms with Crippen LogP contribution in [0, 0.1) is 6.92 Å². The lowest BCUT2D eigenvalue weighted by molar-refractivity contribution is 0.295. The summed E-state index contributed by atoms with van der Waals surface area (Å²) < 4.78 is 28.4. The number of rotatable bonds is 4. The van der Waals surface area contributed by atoms with Crippen LogP contribution >= 0.6 is 0 Å². The van der Waals surface area contributed by atoms with Gasteiger partial charge in [-0.15, -0.1) is 0 Å². The second-order valence-corrected chi connectivity index (χ2v) is 9.38. The van der Waals surface area contributed by atoms with Crippen molar-refractivity contribution in [3.63, 3.8) is 0 Å². The minimum absolute atomic E-state index is 0.222. The lowest BCUT2D eigenvalue weighted by Gasteiger charge is -2.19. The van der Waals surface area contributed by atoms with Crippen LogP contribution < -0.4 is 0 Å². The van der Waals surface area contributed by atoms with Gasteiger partial charge in [-0.05, 0) is 38.8 Å². The van der Waals surface area contributed by atoms with Crippen molar-refractivity contribution in [2.24, 2.45) is 4.40 Å². The molecule has 138 valence electrons. The van der Waals surface area contributed by atoms with Gasteiger partial charge in [-0.25, -0.2) is 4.21 Å². The molecule has 0 amide bonds. The standard InChI is InChI=1S/C21H25NO3S/c1-15-10-9-11-16(14-15)18-21(25-18,17-12-7-6-8-13-17)19(24-5)22-26(23)20(2,3)4/h6-14,18H,1-5H3/b22-19-/t18-,21+,26?/m1/s1. The van der Waals surface area contributed by atoms with E-state index in [2.05, 4.69) is 23.5 Å². The van der Waals surface area contributed by atoms with Gasteiger partial charge in [-0.2, -0.15) is 4.40 Å². The van der Waals surface area contributed by atoms with Gasteiger partial charge in [0.25, 0.3) is 0 Å². The first-order chi connectivity index (χ1) is 12.3. The van der Waals surface area contributed by atoms with Crippen LogP contribution in [0.2, 0.25) is 0 Å². The predicted octanol–water partition coefficient (Wildman–Crippen LogP) is 4.47. The van der Waals surface area contributed by atoms with Gasteiger partial charge in [0.05, 0.1) is 11.9 Å². The molecule has 1 unspecified atom stereocenters. The Morgan fingerprint density at radius 3 is 2.42 bits per heavy atom. The van der Waals surface area contributed by atoms with Gasteiger partial charge in [0.15, 0.2) is 5.60 Å². The number of methoxy groups -OCH3 is 1. The van der Waals surface area contributed by atoms with Crippen LogP contribution in [0.15, 0.2) is 59.0 Å². The first kappa shape index (κ1) is 18.8. The molecule has 1 aliphatic heterocycles. The molecule has 4 nitrogen and oxygen atoms in total. The van der Waals surface area contributed by atoms with E-state index in [0.717, 1.165) is 16.7 Å². The van der Waals surface area contributed by atoms with Gasteiger partial charge in [0, 0.05) is 0 Å². The maximum atomic E-state index is 12.6. The minimum atomic E-state index is -1.44. The highest BCUT2D eigenvalue weighted by atomic mass is 32.2. The highest BCUT2D eigenvalue weighted by Crippen LogP contribution is 2.58. The van der Waals surface area contributed by atoms with E-state index < -0.39 is 21.3 Å². The van der Waals surface area contributed by atoms with Crippen molar-refractivity contribution >= 4 is 16.9 Å². The second-order valence-electron chi connectivity index (χ2n) is 7.48. The molecule has 1 fully saturated rings. The number of epoxide rings is 1. The van der Waals surface area contributed by atoms with Crippen molar-refractivity contribution in [3.05, 3.63) is 71.3 Å². The van der Waals surface area contributed by atoms with Crippen LogP contribution in [0.4, 0.5) is 0 Å². The Morgan fingerprint density at radius 1 is 1.15 bits per heavy atom. The summed E-state index contributed by atoms with van der Waals surface area (Å²) in [6, 6.07) is 18.1. The molecule has 2 aromatic rings. The largest absolute Gasteiger partial charge is 0.481 e. The number of hydrogen-bond acceptors (Lipinski definition) is 3. The summed E-state index contributed by atoms with van der Waals surface area (Å²) in [6.45, 7) is 7.72. The van der Waals surface area contributed by atoms with Crippen molar-refractivity contribution < 1.29 is 13.7 Å². The maximum absolute atomic E-state index is 12.6. The van der Waals surface area contributed by atoms with E-state index in [0.29, 0.717) is 5.90 Å². The fourth-order valence-electron chi connectivity index (χ4n) is 2.95. The first-order valence-corrected chi connectivity index (χ1v) is 9.75. The summed E-state index contributed by atoms with van der Waals surface area (Å²) in [5.41, 5.74) is 2.32. The molecule has 5 heteroatoms. The Kier molecular flexibility index (Phi) is 5.04. The van der Waals surface area contributed by atoms with Crippen molar-refractivity contribution in [1.82, 2.24) is 0 Å². The molecule has 0 N–H and O–H groups in total. The number of aryl methyl sites for hydroxylation is 1. The summed E-state index contributed by atoms with van der Waals surface area (Å²) in [5.74, 6) is 0.350. The summed E-state index contributed by atoms with van der Waals surface area (Å²) >= 11 is 0. The Morgan fingerprint density at radius 2 is 1.85 bits per heavy atom. The number of benzene rings is 2. The summed E-state index contributed by atoms with van der Waals surface area (Å²) in [6.07, 6.45) is -0.222. The SMILES string of the molecule is CO/C(=N\S(=O)C(C)(C)C)[C@@]1(c2ccccc2)O[C@@H]1c1cccc(C)c1. The number of ether oxygens (including phenoxy) is 2. The Hall–Kier alpha value is -1.98. The van der Waals surface area contributed by atoms with E-state index in [4.69, 9.17) is 9.47 Å². The van der Waals surface area contributed by atoms with Gasteiger partial charge in [0.1, 0.15) is 17.1 Å². The Labute approximate surface area is 157 Å².